The first-order chi connectivity index (χ1) is 19.7. The molecule has 3 aromatic rings. The molecule has 0 amide bonds. The van der Waals surface area contributed by atoms with E-state index in [4.69, 9.17) is 18.9 Å². The van der Waals surface area contributed by atoms with Gasteiger partial charge in [0.25, 0.3) is 0 Å². The van der Waals surface area contributed by atoms with Crippen molar-refractivity contribution >= 4 is 5.57 Å². The first-order valence-electron chi connectivity index (χ1n) is 14.6. The van der Waals surface area contributed by atoms with E-state index >= 15 is 0 Å². The second kappa shape index (κ2) is 11.8. The smallest absolute Gasteiger partial charge is 0.160 e. The fourth-order valence-electron chi connectivity index (χ4n) is 7.48. The zero-order valence-electron chi connectivity index (χ0n) is 24.0. The minimum Gasteiger partial charge on any atom is -0.496 e. The van der Waals surface area contributed by atoms with E-state index in [0.29, 0.717) is 23.9 Å². The van der Waals surface area contributed by atoms with Gasteiger partial charge in [-0.1, -0.05) is 54.6 Å². The summed E-state index contributed by atoms with van der Waals surface area (Å²) >= 11 is 0. The second-order valence-electron chi connectivity index (χ2n) is 11.5. The molecule has 2 aliphatic carbocycles. The molecule has 0 aromatic heterocycles. The molecule has 0 bridgehead atoms. The first kappa shape index (κ1) is 27.1. The molecule has 1 spiro atoms. The van der Waals surface area contributed by atoms with E-state index in [1.807, 2.05) is 18.2 Å². The Bertz CT molecular complexity index is 1340. The Balaban J connectivity index is 1.28. The normalized spacial score (nSPS) is 21.4. The van der Waals surface area contributed by atoms with Crippen molar-refractivity contribution in [2.45, 2.75) is 50.9 Å². The topological polar surface area (TPSA) is 49.0 Å². The van der Waals surface area contributed by atoms with Crippen molar-refractivity contribution in [2.24, 2.45) is 11.3 Å². The summed E-state index contributed by atoms with van der Waals surface area (Å²) in [4.78, 5) is 0. The molecular weight excluding hydrogens is 498 g/mol. The monoisotopic (exact) mass is 539 g/mol. The van der Waals surface area contributed by atoms with E-state index in [1.165, 1.54) is 40.7 Å². The molecule has 5 heteroatoms. The third kappa shape index (κ3) is 5.07. The van der Waals surface area contributed by atoms with E-state index < -0.39 is 0 Å². The summed E-state index contributed by atoms with van der Waals surface area (Å²) in [6, 6.07) is 23.7. The van der Waals surface area contributed by atoms with Gasteiger partial charge in [-0.3, -0.25) is 0 Å². The van der Waals surface area contributed by atoms with Gasteiger partial charge in [0.15, 0.2) is 6.29 Å². The van der Waals surface area contributed by atoms with Gasteiger partial charge < -0.3 is 24.3 Å². The standard InChI is InChI=1S/C35H41NO4/c1-37-32-21-26(33-31(34(38-2)39-3)22-35(33)16-18-36-19-17-35)12-14-30(32)29-11-7-10-25-20-27(13-15-28(25)29)40-23-24-8-5-4-6-9-24/h4-6,8-9,11-15,20-21,31,33-34,36H,7,10,16-19,22-23H2,1-3H3. The molecule has 3 aromatic carbocycles. The van der Waals surface area contributed by atoms with Crippen molar-refractivity contribution in [2.75, 3.05) is 34.4 Å². The molecule has 1 heterocycles. The van der Waals surface area contributed by atoms with E-state index in [1.54, 1.807) is 21.3 Å². The zero-order valence-corrected chi connectivity index (χ0v) is 24.0. The lowest BCUT2D eigenvalue weighted by Crippen LogP contribution is -2.55. The Kier molecular flexibility index (Phi) is 7.97. The Morgan fingerprint density at radius 3 is 2.42 bits per heavy atom. The second-order valence-corrected chi connectivity index (χ2v) is 11.5. The highest BCUT2D eigenvalue weighted by molar-refractivity contribution is 5.85. The van der Waals surface area contributed by atoms with Crippen molar-refractivity contribution in [3.63, 3.8) is 0 Å². The lowest BCUT2D eigenvalue weighted by Gasteiger charge is -2.59. The maximum absolute atomic E-state index is 6.14. The highest BCUT2D eigenvalue weighted by Gasteiger charge is 2.57. The molecule has 1 aliphatic heterocycles. The van der Waals surface area contributed by atoms with Gasteiger partial charge in [0.1, 0.15) is 18.1 Å². The number of hydrogen-bond acceptors (Lipinski definition) is 5. The van der Waals surface area contributed by atoms with Crippen LogP contribution in [0.5, 0.6) is 11.5 Å². The predicted octanol–water partition coefficient (Wildman–Crippen LogP) is 6.74. The van der Waals surface area contributed by atoms with Gasteiger partial charge >= 0.3 is 0 Å². The molecule has 5 nitrogen and oxygen atoms in total. The fraction of sp³-hybridized carbons (Fsp3) is 0.429. The van der Waals surface area contributed by atoms with Crippen LogP contribution in [-0.2, 0) is 22.5 Å². The largest absolute Gasteiger partial charge is 0.496 e. The maximum Gasteiger partial charge on any atom is 0.160 e. The molecule has 6 rings (SSSR count). The third-order valence-corrected chi connectivity index (χ3v) is 9.40. The molecule has 2 fully saturated rings. The van der Waals surface area contributed by atoms with Crippen molar-refractivity contribution in [1.29, 1.82) is 0 Å². The number of piperidine rings is 1. The number of benzene rings is 3. The van der Waals surface area contributed by atoms with Crippen LogP contribution in [0.15, 0.2) is 72.8 Å². The summed E-state index contributed by atoms with van der Waals surface area (Å²) in [6.07, 6.45) is 7.69. The molecule has 1 saturated heterocycles. The zero-order chi connectivity index (χ0) is 27.5. The van der Waals surface area contributed by atoms with Crippen LogP contribution < -0.4 is 14.8 Å². The van der Waals surface area contributed by atoms with Crippen molar-refractivity contribution in [3.05, 3.63) is 101 Å². The summed E-state index contributed by atoms with van der Waals surface area (Å²) in [6.45, 7) is 2.72. The van der Waals surface area contributed by atoms with E-state index in [0.717, 1.165) is 49.4 Å². The number of fused-ring (bicyclic) bond motifs is 1. The summed E-state index contributed by atoms with van der Waals surface area (Å²) < 4.78 is 23.7. The van der Waals surface area contributed by atoms with Gasteiger partial charge in [-0.05, 0) is 103 Å². The van der Waals surface area contributed by atoms with Crippen molar-refractivity contribution < 1.29 is 18.9 Å². The number of rotatable bonds is 9. The molecule has 2 unspecified atom stereocenters. The van der Waals surface area contributed by atoms with E-state index in [9.17, 15) is 0 Å². The van der Waals surface area contributed by atoms with Crippen molar-refractivity contribution in [3.8, 4) is 11.5 Å². The molecule has 3 aliphatic rings. The molecule has 0 radical (unpaired) electrons. The summed E-state index contributed by atoms with van der Waals surface area (Å²) in [7, 11) is 5.31. The van der Waals surface area contributed by atoms with E-state index in [2.05, 4.69) is 59.9 Å². The molecule has 40 heavy (non-hydrogen) atoms. The third-order valence-electron chi connectivity index (χ3n) is 9.40. The van der Waals surface area contributed by atoms with Gasteiger partial charge in [-0.2, -0.15) is 0 Å². The Hall–Kier alpha value is -3.12. The van der Waals surface area contributed by atoms with Crippen LogP contribution in [-0.4, -0.2) is 40.7 Å². The van der Waals surface area contributed by atoms with Gasteiger partial charge in [-0.25, -0.2) is 0 Å². The number of aryl methyl sites for hydroxylation is 1. The van der Waals surface area contributed by atoms with Crippen LogP contribution in [0.2, 0.25) is 0 Å². The minimum atomic E-state index is -0.192. The van der Waals surface area contributed by atoms with Gasteiger partial charge in [-0.15, -0.1) is 0 Å². The number of hydrogen-bond donors (Lipinski definition) is 1. The predicted molar refractivity (Wildman–Crippen MR) is 159 cm³/mol. The molecule has 1 saturated carbocycles. The quantitative estimate of drug-likeness (QED) is 0.305. The van der Waals surface area contributed by atoms with Gasteiger partial charge in [0, 0.05) is 25.7 Å². The number of methoxy groups -OCH3 is 3. The van der Waals surface area contributed by atoms with Crippen molar-refractivity contribution in [1.82, 2.24) is 5.32 Å². The number of nitrogens with one attached hydrogen (secondary N) is 1. The maximum atomic E-state index is 6.14. The van der Waals surface area contributed by atoms with Crippen LogP contribution in [0.4, 0.5) is 0 Å². The number of allylic oxidation sites excluding steroid dienone is 1. The fourth-order valence-corrected chi connectivity index (χ4v) is 7.48. The summed E-state index contributed by atoms with van der Waals surface area (Å²) in [5.41, 5.74) is 7.78. The SMILES string of the molecule is COc1cc(C2C(C(OC)OC)CC23CCNCC3)ccc1C1=CCCc2cc(OCc3ccccc3)ccc21. The average molecular weight is 540 g/mol. The van der Waals surface area contributed by atoms with Gasteiger partial charge in [0.2, 0.25) is 0 Å². The summed E-state index contributed by atoms with van der Waals surface area (Å²) in [5, 5.41) is 3.55. The first-order valence-corrected chi connectivity index (χ1v) is 14.6. The van der Waals surface area contributed by atoms with Crippen LogP contribution in [0, 0.1) is 11.3 Å². The molecular formula is C35H41NO4. The molecule has 2 atom stereocenters. The lowest BCUT2D eigenvalue weighted by atomic mass is 9.48. The Morgan fingerprint density at radius 1 is 0.900 bits per heavy atom. The summed E-state index contributed by atoms with van der Waals surface area (Å²) in [5.74, 6) is 2.58. The van der Waals surface area contributed by atoms with Crippen LogP contribution in [0.25, 0.3) is 5.57 Å². The molecule has 210 valence electrons. The van der Waals surface area contributed by atoms with Crippen LogP contribution in [0.3, 0.4) is 0 Å². The van der Waals surface area contributed by atoms with Gasteiger partial charge in [0.05, 0.1) is 7.11 Å². The van der Waals surface area contributed by atoms with Crippen LogP contribution in [0.1, 0.15) is 59.4 Å². The Labute approximate surface area is 238 Å². The van der Waals surface area contributed by atoms with E-state index in [-0.39, 0.29) is 6.29 Å². The lowest BCUT2D eigenvalue weighted by molar-refractivity contribution is -0.197. The highest BCUT2D eigenvalue weighted by atomic mass is 16.7. The molecule has 1 N–H and O–H groups in total. The Morgan fingerprint density at radius 2 is 1.68 bits per heavy atom. The number of ether oxygens (including phenoxy) is 4. The average Bonchev–Trinajstić information content (AvgIpc) is 3.00. The highest BCUT2D eigenvalue weighted by Crippen LogP contribution is 2.63. The minimum absolute atomic E-state index is 0.192. The van der Waals surface area contributed by atoms with Crippen LogP contribution >= 0.6 is 0 Å².